The number of pyridine rings is 1. The van der Waals surface area contributed by atoms with E-state index < -0.39 is 11.9 Å². The maximum atomic E-state index is 12.3. The summed E-state index contributed by atoms with van der Waals surface area (Å²) in [6, 6.07) is 5.08. The lowest BCUT2D eigenvalue weighted by atomic mass is 10.1. The quantitative estimate of drug-likeness (QED) is 0.573. The Morgan fingerprint density at radius 1 is 1.23 bits per heavy atom. The zero-order chi connectivity index (χ0) is 19.1. The van der Waals surface area contributed by atoms with E-state index in [-0.39, 0.29) is 6.61 Å². The first kappa shape index (κ1) is 19.7. The number of nitrogens with one attached hydrogen (secondary N) is 1. The Hall–Kier alpha value is -2.67. The molecule has 1 aromatic heterocycles. The Balaban J connectivity index is 2.45. The van der Waals surface area contributed by atoms with E-state index in [0.717, 1.165) is 13.0 Å². The number of hydrogen-bond donors (Lipinski definition) is 1. The van der Waals surface area contributed by atoms with Crippen LogP contribution < -0.4 is 5.32 Å². The summed E-state index contributed by atoms with van der Waals surface area (Å²) in [5.74, 6) is -0.882. The van der Waals surface area contributed by atoms with Gasteiger partial charge in [0.15, 0.2) is 0 Å². The Morgan fingerprint density at radius 2 is 2.00 bits per heavy atom. The van der Waals surface area contributed by atoms with Gasteiger partial charge < -0.3 is 19.7 Å². The molecule has 0 radical (unpaired) electrons. The van der Waals surface area contributed by atoms with Gasteiger partial charge in [0.25, 0.3) is 0 Å². The number of rotatable bonds is 8. The number of methoxy groups -OCH3 is 1. The third kappa shape index (κ3) is 4.70. The van der Waals surface area contributed by atoms with Crippen molar-refractivity contribution in [2.75, 3.05) is 46.2 Å². The number of carbonyl (C=O) groups excluding carboxylic acids is 2. The first-order chi connectivity index (χ1) is 12.5. The topological polar surface area (TPSA) is 80.8 Å². The standard InChI is InChI=1S/C19H25N3O4/c1-5-26-19(24)15-12-21-16-8-7-13(18(23)25-4)11-14(16)17(15)20-9-6-10-22(2)3/h7-8,11-12H,5-6,9-10H2,1-4H3,(H,20,21). The molecule has 140 valence electrons. The molecule has 0 aliphatic rings. The molecule has 2 aromatic rings. The fourth-order valence-electron chi connectivity index (χ4n) is 2.60. The molecule has 7 heteroatoms. The fourth-order valence-corrected chi connectivity index (χ4v) is 2.60. The van der Waals surface area contributed by atoms with Crippen LogP contribution in [-0.4, -0.2) is 62.7 Å². The van der Waals surface area contributed by atoms with Crippen molar-refractivity contribution in [2.45, 2.75) is 13.3 Å². The number of carbonyl (C=O) groups is 2. The number of esters is 2. The van der Waals surface area contributed by atoms with E-state index in [9.17, 15) is 9.59 Å². The van der Waals surface area contributed by atoms with Gasteiger partial charge in [0, 0.05) is 18.1 Å². The molecule has 0 fully saturated rings. The minimum atomic E-state index is -0.444. The summed E-state index contributed by atoms with van der Waals surface area (Å²) in [4.78, 5) is 30.6. The van der Waals surface area contributed by atoms with Gasteiger partial charge in [-0.3, -0.25) is 4.98 Å². The fraction of sp³-hybridized carbons (Fsp3) is 0.421. The summed E-state index contributed by atoms with van der Waals surface area (Å²) < 4.78 is 9.93. The summed E-state index contributed by atoms with van der Waals surface area (Å²) in [6.45, 7) is 3.62. The molecule has 0 spiro atoms. The van der Waals surface area contributed by atoms with Crippen molar-refractivity contribution in [3.8, 4) is 0 Å². The first-order valence-electron chi connectivity index (χ1n) is 8.54. The number of benzene rings is 1. The second-order valence-electron chi connectivity index (χ2n) is 6.07. The lowest BCUT2D eigenvalue weighted by Crippen LogP contribution is -2.18. The predicted molar refractivity (Wildman–Crippen MR) is 101 cm³/mol. The third-order valence-electron chi connectivity index (χ3n) is 3.87. The van der Waals surface area contributed by atoms with E-state index in [1.54, 1.807) is 25.1 Å². The summed E-state index contributed by atoms with van der Waals surface area (Å²) in [5.41, 5.74) is 2.06. The molecule has 0 saturated carbocycles. The molecule has 0 aliphatic carbocycles. The molecule has 26 heavy (non-hydrogen) atoms. The average molecular weight is 359 g/mol. The minimum Gasteiger partial charge on any atom is -0.465 e. The van der Waals surface area contributed by atoms with Gasteiger partial charge in [0.2, 0.25) is 0 Å². The van der Waals surface area contributed by atoms with Crippen LogP contribution in [0, 0.1) is 0 Å². The van der Waals surface area contributed by atoms with E-state index in [2.05, 4.69) is 15.2 Å². The van der Waals surface area contributed by atoms with Crippen molar-refractivity contribution < 1.29 is 19.1 Å². The van der Waals surface area contributed by atoms with Crippen LogP contribution in [0.3, 0.4) is 0 Å². The molecule has 0 bridgehead atoms. The van der Waals surface area contributed by atoms with Crippen molar-refractivity contribution in [1.29, 1.82) is 0 Å². The Morgan fingerprint density at radius 3 is 2.65 bits per heavy atom. The smallest absolute Gasteiger partial charge is 0.341 e. The highest BCUT2D eigenvalue weighted by Gasteiger charge is 2.18. The molecule has 0 amide bonds. The number of aromatic nitrogens is 1. The van der Waals surface area contributed by atoms with Crippen LogP contribution >= 0.6 is 0 Å². The summed E-state index contributed by atoms with van der Waals surface area (Å²) in [5, 5.41) is 4.00. The van der Waals surface area contributed by atoms with Crippen molar-refractivity contribution in [1.82, 2.24) is 9.88 Å². The van der Waals surface area contributed by atoms with Crippen LogP contribution in [-0.2, 0) is 9.47 Å². The lowest BCUT2D eigenvalue weighted by Gasteiger charge is -2.15. The maximum absolute atomic E-state index is 12.3. The second kappa shape index (κ2) is 9.15. The van der Waals surface area contributed by atoms with E-state index >= 15 is 0 Å². The number of ether oxygens (including phenoxy) is 2. The Bertz CT molecular complexity index is 790. The first-order valence-corrected chi connectivity index (χ1v) is 8.54. The van der Waals surface area contributed by atoms with Gasteiger partial charge in [-0.2, -0.15) is 0 Å². The van der Waals surface area contributed by atoms with E-state index in [1.807, 2.05) is 14.1 Å². The Labute approximate surface area is 153 Å². The third-order valence-corrected chi connectivity index (χ3v) is 3.87. The molecule has 1 heterocycles. The Kier molecular flexibility index (Phi) is 6.91. The number of hydrogen-bond acceptors (Lipinski definition) is 7. The van der Waals surface area contributed by atoms with Gasteiger partial charge in [-0.15, -0.1) is 0 Å². The highest BCUT2D eigenvalue weighted by Crippen LogP contribution is 2.28. The minimum absolute atomic E-state index is 0.277. The molecule has 0 saturated heterocycles. The molecular weight excluding hydrogens is 334 g/mol. The number of nitrogens with zero attached hydrogens (tertiary/aromatic N) is 2. The van der Waals surface area contributed by atoms with Crippen LogP contribution in [0.15, 0.2) is 24.4 Å². The van der Waals surface area contributed by atoms with Crippen molar-refractivity contribution >= 4 is 28.5 Å². The monoisotopic (exact) mass is 359 g/mol. The van der Waals surface area contributed by atoms with Crippen LogP contribution in [0.1, 0.15) is 34.1 Å². The normalized spacial score (nSPS) is 10.8. The maximum Gasteiger partial charge on any atom is 0.341 e. The van der Waals surface area contributed by atoms with Crippen LogP contribution in [0.25, 0.3) is 10.9 Å². The summed E-state index contributed by atoms with van der Waals surface area (Å²) >= 11 is 0. The van der Waals surface area contributed by atoms with Crippen LogP contribution in [0.2, 0.25) is 0 Å². The van der Waals surface area contributed by atoms with E-state index in [1.165, 1.54) is 13.3 Å². The van der Waals surface area contributed by atoms with Crippen LogP contribution in [0.5, 0.6) is 0 Å². The molecule has 0 atom stereocenters. The predicted octanol–water partition coefficient (Wildman–Crippen LogP) is 2.56. The zero-order valence-corrected chi connectivity index (χ0v) is 15.7. The average Bonchev–Trinajstić information content (AvgIpc) is 2.63. The van der Waals surface area contributed by atoms with Gasteiger partial charge in [0.05, 0.1) is 30.5 Å². The highest BCUT2D eigenvalue weighted by atomic mass is 16.5. The SMILES string of the molecule is CCOC(=O)c1cnc2ccc(C(=O)OC)cc2c1NCCCN(C)C. The molecule has 0 unspecified atom stereocenters. The summed E-state index contributed by atoms with van der Waals surface area (Å²) in [7, 11) is 5.35. The lowest BCUT2D eigenvalue weighted by molar-refractivity contribution is 0.0526. The van der Waals surface area contributed by atoms with E-state index in [0.29, 0.717) is 34.3 Å². The van der Waals surface area contributed by atoms with E-state index in [4.69, 9.17) is 9.47 Å². The zero-order valence-electron chi connectivity index (χ0n) is 15.7. The molecule has 7 nitrogen and oxygen atoms in total. The van der Waals surface area contributed by atoms with Gasteiger partial charge in [-0.05, 0) is 52.2 Å². The van der Waals surface area contributed by atoms with Gasteiger partial charge in [-0.25, -0.2) is 9.59 Å². The molecular formula is C19H25N3O4. The van der Waals surface area contributed by atoms with Crippen molar-refractivity contribution in [3.63, 3.8) is 0 Å². The second-order valence-corrected chi connectivity index (χ2v) is 6.07. The van der Waals surface area contributed by atoms with Gasteiger partial charge in [-0.1, -0.05) is 0 Å². The molecule has 1 N–H and O–H groups in total. The van der Waals surface area contributed by atoms with Crippen LogP contribution in [0.4, 0.5) is 5.69 Å². The number of anilines is 1. The highest BCUT2D eigenvalue weighted by molar-refractivity contribution is 6.06. The van der Waals surface area contributed by atoms with Crippen molar-refractivity contribution in [2.24, 2.45) is 0 Å². The van der Waals surface area contributed by atoms with Gasteiger partial charge >= 0.3 is 11.9 Å². The number of fused-ring (bicyclic) bond motifs is 1. The van der Waals surface area contributed by atoms with Crippen molar-refractivity contribution in [3.05, 3.63) is 35.5 Å². The molecule has 0 aliphatic heterocycles. The summed E-state index contributed by atoms with van der Waals surface area (Å²) in [6.07, 6.45) is 2.40. The largest absolute Gasteiger partial charge is 0.465 e. The van der Waals surface area contributed by atoms with Gasteiger partial charge in [0.1, 0.15) is 5.56 Å². The molecule has 1 aromatic carbocycles. The molecule has 2 rings (SSSR count).